The fraction of sp³-hybridized carbons (Fsp3) is 0.500. The third-order valence-corrected chi connectivity index (χ3v) is 3.68. The van der Waals surface area contributed by atoms with E-state index in [9.17, 15) is 4.79 Å². The molecule has 6 heteroatoms. The molecule has 1 fully saturated rings. The van der Waals surface area contributed by atoms with Crippen molar-refractivity contribution in [1.82, 2.24) is 4.90 Å². The number of ether oxygens (including phenoxy) is 1. The number of carbonyl (C=O) groups excluding carboxylic acids is 2. The molecule has 0 bridgehead atoms. The van der Waals surface area contributed by atoms with Crippen LogP contribution in [0.3, 0.4) is 0 Å². The van der Waals surface area contributed by atoms with Crippen LogP contribution in [0.1, 0.15) is 24.8 Å². The Morgan fingerprint density at radius 3 is 2.55 bits per heavy atom. The fourth-order valence-electron chi connectivity index (χ4n) is 2.71. The Morgan fingerprint density at radius 1 is 1.32 bits per heavy atom. The molecule has 0 saturated heterocycles. The Hall–Kier alpha value is -2.01. The van der Waals surface area contributed by atoms with E-state index in [0.717, 1.165) is 24.8 Å². The van der Waals surface area contributed by atoms with E-state index in [1.807, 2.05) is 42.3 Å². The summed E-state index contributed by atoms with van der Waals surface area (Å²) in [5.41, 5.74) is 1.16. The largest absolute Gasteiger partial charge is 0.480 e. The molecule has 2 atom stereocenters. The monoisotopic (exact) mass is 307 g/mol. The first kappa shape index (κ1) is 18.0. The molecule has 0 aromatic heterocycles. The Kier molecular flexibility index (Phi) is 8.07. The van der Waals surface area contributed by atoms with E-state index >= 15 is 0 Å². The number of carbonyl (C=O) groups is 1. The molecular weight excluding hydrogens is 286 g/mol. The summed E-state index contributed by atoms with van der Waals surface area (Å²) in [5, 5.41) is 8.86. The number of likely N-dealkylation sites (N-methyl/N-ethyl adjacent to an activating group) is 1. The maximum Gasteiger partial charge on any atom is 0.373 e. The summed E-state index contributed by atoms with van der Waals surface area (Å²) in [7, 11) is 1.86. The van der Waals surface area contributed by atoms with Crippen LogP contribution >= 0.6 is 0 Å². The summed E-state index contributed by atoms with van der Waals surface area (Å²) >= 11 is 0. The van der Waals surface area contributed by atoms with Gasteiger partial charge in [0.2, 0.25) is 0 Å². The number of carboxylic acids is 1. The molecular formula is C16H21NO5. The van der Waals surface area contributed by atoms with E-state index in [4.69, 9.17) is 19.4 Å². The van der Waals surface area contributed by atoms with Crippen LogP contribution in [0.5, 0.6) is 0 Å². The van der Waals surface area contributed by atoms with Gasteiger partial charge in [0.25, 0.3) is 0 Å². The van der Waals surface area contributed by atoms with E-state index in [1.165, 1.54) is 0 Å². The zero-order valence-electron chi connectivity index (χ0n) is 12.6. The molecule has 0 radical (unpaired) electrons. The molecule has 1 saturated carbocycles. The summed E-state index contributed by atoms with van der Waals surface area (Å²) in [5.74, 6) is -0.781. The Balaban J connectivity index is 0.000000745. The van der Waals surface area contributed by atoms with Crippen LogP contribution in [0.2, 0.25) is 0 Å². The van der Waals surface area contributed by atoms with Gasteiger partial charge in [0.1, 0.15) is 0 Å². The number of hydrogen-bond donors (Lipinski definition) is 1. The van der Waals surface area contributed by atoms with E-state index in [-0.39, 0.29) is 24.8 Å². The van der Waals surface area contributed by atoms with Crippen LogP contribution in [0.4, 0.5) is 0 Å². The molecule has 1 aromatic carbocycles. The van der Waals surface area contributed by atoms with Crippen molar-refractivity contribution in [2.45, 2.75) is 38.0 Å². The lowest BCUT2D eigenvalue weighted by Crippen LogP contribution is -2.41. The van der Waals surface area contributed by atoms with Gasteiger partial charge in [0, 0.05) is 6.04 Å². The summed E-state index contributed by atoms with van der Waals surface area (Å²) in [6, 6.07) is 10.3. The normalized spacial score (nSPS) is 20.1. The number of carboxylic acid groups (broad SMARTS) is 1. The molecule has 2 rings (SSSR count). The van der Waals surface area contributed by atoms with Gasteiger partial charge in [-0.15, -0.1) is 0 Å². The molecule has 1 aromatic rings. The molecule has 1 N–H and O–H groups in total. The van der Waals surface area contributed by atoms with Gasteiger partial charge in [-0.1, -0.05) is 30.3 Å². The topological polar surface area (TPSA) is 83.9 Å². The number of rotatable bonds is 6. The minimum absolute atomic E-state index is 0.0792. The van der Waals surface area contributed by atoms with Gasteiger partial charge in [0.05, 0.1) is 19.3 Å². The highest BCUT2D eigenvalue weighted by molar-refractivity contribution is 5.69. The summed E-state index contributed by atoms with van der Waals surface area (Å²) < 4.78 is 5.97. The lowest BCUT2D eigenvalue weighted by atomic mass is 10.2. The number of benzene rings is 1. The van der Waals surface area contributed by atoms with Crippen molar-refractivity contribution >= 4 is 12.1 Å². The van der Waals surface area contributed by atoms with E-state index in [1.54, 1.807) is 0 Å². The first-order valence-electron chi connectivity index (χ1n) is 7.15. The van der Waals surface area contributed by atoms with E-state index in [2.05, 4.69) is 0 Å². The van der Waals surface area contributed by atoms with Crippen molar-refractivity contribution in [3.05, 3.63) is 35.9 Å². The SMILES string of the molecule is CN(CC(=O)O)[C@@H]1CCC[C@H]1OCc1ccccc1.O=C=O. The van der Waals surface area contributed by atoms with Gasteiger partial charge in [-0.3, -0.25) is 9.69 Å². The highest BCUT2D eigenvalue weighted by atomic mass is 16.5. The van der Waals surface area contributed by atoms with Gasteiger partial charge >= 0.3 is 12.1 Å². The number of hydrogen-bond acceptors (Lipinski definition) is 5. The second-order valence-corrected chi connectivity index (χ2v) is 5.23. The Labute approximate surface area is 129 Å². The van der Waals surface area contributed by atoms with Crippen molar-refractivity contribution in [2.24, 2.45) is 0 Å². The molecule has 120 valence electrons. The Morgan fingerprint density at radius 2 is 1.95 bits per heavy atom. The molecule has 1 aliphatic carbocycles. The highest BCUT2D eigenvalue weighted by Gasteiger charge is 2.31. The highest BCUT2D eigenvalue weighted by Crippen LogP contribution is 2.26. The van der Waals surface area contributed by atoms with Gasteiger partial charge in [-0.25, -0.2) is 0 Å². The van der Waals surface area contributed by atoms with Crippen LogP contribution in [0, 0.1) is 0 Å². The zero-order valence-corrected chi connectivity index (χ0v) is 12.6. The number of nitrogens with zero attached hydrogens (tertiary/aromatic N) is 1. The maximum atomic E-state index is 10.8. The summed E-state index contributed by atoms with van der Waals surface area (Å²) in [4.78, 5) is 28.9. The quantitative estimate of drug-likeness (QED) is 0.858. The average Bonchev–Trinajstić information content (AvgIpc) is 2.95. The molecule has 1 aliphatic rings. The lowest BCUT2D eigenvalue weighted by Gasteiger charge is -2.28. The first-order chi connectivity index (χ1) is 10.6. The van der Waals surface area contributed by atoms with Crippen LogP contribution < -0.4 is 0 Å². The van der Waals surface area contributed by atoms with Crippen LogP contribution in [-0.4, -0.2) is 47.9 Å². The Bertz CT molecular complexity index is 485. The second-order valence-electron chi connectivity index (χ2n) is 5.23. The van der Waals surface area contributed by atoms with Crippen molar-refractivity contribution < 1.29 is 24.2 Å². The van der Waals surface area contributed by atoms with Crippen molar-refractivity contribution in [3.63, 3.8) is 0 Å². The minimum atomic E-state index is -0.781. The smallest absolute Gasteiger partial charge is 0.373 e. The number of aliphatic carboxylic acids is 1. The van der Waals surface area contributed by atoms with Crippen LogP contribution in [-0.2, 0) is 25.7 Å². The van der Waals surface area contributed by atoms with Gasteiger partial charge in [-0.05, 0) is 31.9 Å². The van der Waals surface area contributed by atoms with Crippen LogP contribution in [0.15, 0.2) is 30.3 Å². The second kappa shape index (κ2) is 9.84. The molecule has 0 spiro atoms. The third kappa shape index (κ3) is 6.18. The lowest BCUT2D eigenvalue weighted by molar-refractivity contribution is -0.191. The molecule has 6 nitrogen and oxygen atoms in total. The van der Waals surface area contributed by atoms with Gasteiger partial charge in [-0.2, -0.15) is 9.59 Å². The molecule has 22 heavy (non-hydrogen) atoms. The third-order valence-electron chi connectivity index (χ3n) is 3.68. The molecule has 0 amide bonds. The first-order valence-corrected chi connectivity index (χ1v) is 7.15. The molecule has 0 heterocycles. The van der Waals surface area contributed by atoms with Gasteiger partial charge < -0.3 is 9.84 Å². The predicted octanol–water partition coefficient (Wildman–Crippen LogP) is 1.56. The van der Waals surface area contributed by atoms with Gasteiger partial charge in [0.15, 0.2) is 0 Å². The minimum Gasteiger partial charge on any atom is -0.480 e. The standard InChI is InChI=1S/C15H21NO3.CO2/c1-16(10-15(17)18)13-8-5-9-14(13)19-11-12-6-3-2-4-7-12;2-1-3/h2-4,6-7,13-14H,5,8-11H2,1H3,(H,17,18);/t13-,14-;/m1./s1. The fourth-order valence-corrected chi connectivity index (χ4v) is 2.71. The zero-order chi connectivity index (χ0) is 16.4. The van der Waals surface area contributed by atoms with Crippen molar-refractivity contribution in [3.8, 4) is 0 Å². The molecule has 0 unspecified atom stereocenters. The van der Waals surface area contributed by atoms with E-state index < -0.39 is 5.97 Å². The van der Waals surface area contributed by atoms with Crippen LogP contribution in [0.25, 0.3) is 0 Å². The molecule has 0 aliphatic heterocycles. The average molecular weight is 307 g/mol. The van der Waals surface area contributed by atoms with Crippen molar-refractivity contribution in [2.75, 3.05) is 13.6 Å². The van der Waals surface area contributed by atoms with Crippen molar-refractivity contribution in [1.29, 1.82) is 0 Å². The predicted molar refractivity (Wildman–Crippen MR) is 77.9 cm³/mol. The summed E-state index contributed by atoms with van der Waals surface area (Å²) in [6.07, 6.45) is 3.53. The summed E-state index contributed by atoms with van der Waals surface area (Å²) in [6.45, 7) is 0.679. The van der Waals surface area contributed by atoms with E-state index in [0.29, 0.717) is 6.61 Å². The maximum absolute atomic E-state index is 10.8.